The molecule has 0 aliphatic heterocycles. The Morgan fingerprint density at radius 2 is 2.14 bits per heavy atom. The summed E-state index contributed by atoms with van der Waals surface area (Å²) in [5, 5.41) is 6.96. The van der Waals surface area contributed by atoms with E-state index < -0.39 is 5.60 Å². The van der Waals surface area contributed by atoms with Gasteiger partial charge >= 0.3 is 6.09 Å². The van der Waals surface area contributed by atoms with Crippen molar-refractivity contribution in [2.24, 2.45) is 0 Å². The summed E-state index contributed by atoms with van der Waals surface area (Å²) in [6, 6.07) is 9.96. The highest BCUT2D eigenvalue weighted by Gasteiger charge is 2.15. The zero-order valence-electron chi connectivity index (χ0n) is 12.7. The highest BCUT2D eigenvalue weighted by Crippen LogP contribution is 2.10. The van der Waals surface area contributed by atoms with Crippen LogP contribution in [-0.4, -0.2) is 28.0 Å². The molecule has 112 valence electrons. The van der Waals surface area contributed by atoms with E-state index in [1.54, 1.807) is 6.20 Å². The van der Waals surface area contributed by atoms with Crippen LogP contribution in [-0.2, 0) is 11.2 Å². The maximum Gasteiger partial charge on any atom is 0.407 e. The average Bonchev–Trinajstić information content (AvgIpc) is 2.90. The summed E-state index contributed by atoms with van der Waals surface area (Å²) in [6.45, 7) is 6.08. The Kier molecular flexibility index (Phi) is 4.62. The summed E-state index contributed by atoms with van der Waals surface area (Å²) in [7, 11) is 0. The number of alkyl carbamates (subject to hydrolysis) is 1. The lowest BCUT2D eigenvalue weighted by atomic mass is 10.1. The number of amides is 1. The molecule has 0 saturated carbocycles. The number of ether oxygens (including phenoxy) is 1. The topological polar surface area (TPSA) is 56.1 Å². The molecular formula is C16H21N3O2. The molecule has 0 aliphatic rings. The van der Waals surface area contributed by atoms with E-state index in [0.717, 1.165) is 17.7 Å². The number of aromatic nitrogens is 2. The Labute approximate surface area is 124 Å². The van der Waals surface area contributed by atoms with Gasteiger partial charge in [-0.3, -0.25) is 0 Å². The van der Waals surface area contributed by atoms with Crippen molar-refractivity contribution in [2.45, 2.75) is 32.8 Å². The van der Waals surface area contributed by atoms with Crippen LogP contribution < -0.4 is 5.32 Å². The van der Waals surface area contributed by atoms with Gasteiger partial charge in [0.05, 0.1) is 5.69 Å². The van der Waals surface area contributed by atoms with Crippen molar-refractivity contribution in [2.75, 3.05) is 6.54 Å². The van der Waals surface area contributed by atoms with E-state index in [9.17, 15) is 4.79 Å². The minimum atomic E-state index is -0.468. The number of nitrogens with zero attached hydrogens (tertiary/aromatic N) is 2. The molecule has 0 saturated heterocycles. The average molecular weight is 287 g/mol. The minimum absolute atomic E-state index is 0.384. The van der Waals surface area contributed by atoms with Gasteiger partial charge in [-0.05, 0) is 51.0 Å². The summed E-state index contributed by atoms with van der Waals surface area (Å²) in [5.41, 5.74) is 1.68. The van der Waals surface area contributed by atoms with E-state index in [4.69, 9.17) is 4.74 Å². The predicted octanol–water partition coefficient (Wildman–Crippen LogP) is 2.94. The molecule has 5 nitrogen and oxygen atoms in total. The molecule has 2 aromatic rings. The second-order valence-corrected chi connectivity index (χ2v) is 5.80. The molecule has 0 bridgehead atoms. The third kappa shape index (κ3) is 4.95. The Bertz CT molecular complexity index is 586. The van der Waals surface area contributed by atoms with Gasteiger partial charge in [0, 0.05) is 18.9 Å². The summed E-state index contributed by atoms with van der Waals surface area (Å²) < 4.78 is 7.00. The van der Waals surface area contributed by atoms with Crippen LogP contribution in [0.1, 0.15) is 26.3 Å². The number of hydrogen-bond donors (Lipinski definition) is 1. The highest BCUT2D eigenvalue weighted by atomic mass is 16.6. The number of nitrogens with one attached hydrogen (secondary N) is 1. The first-order valence-corrected chi connectivity index (χ1v) is 7.00. The standard InChI is InChI=1S/C16H21N3O2/c1-16(2,3)21-15(20)17-10-8-13-6-4-7-14(12-13)19-11-5-9-18-19/h4-7,9,11-12H,8,10H2,1-3H3,(H,17,20). The molecule has 0 atom stereocenters. The fraction of sp³-hybridized carbons (Fsp3) is 0.375. The molecule has 0 fully saturated rings. The highest BCUT2D eigenvalue weighted by molar-refractivity contribution is 5.67. The molecule has 5 heteroatoms. The first-order chi connectivity index (χ1) is 9.94. The predicted molar refractivity (Wildman–Crippen MR) is 81.5 cm³/mol. The van der Waals surface area contributed by atoms with Gasteiger partial charge in [-0.15, -0.1) is 0 Å². The summed E-state index contributed by atoms with van der Waals surface area (Å²) in [4.78, 5) is 11.6. The Morgan fingerprint density at radius 1 is 1.33 bits per heavy atom. The van der Waals surface area contributed by atoms with E-state index in [2.05, 4.69) is 16.5 Å². The third-order valence-electron chi connectivity index (χ3n) is 2.76. The fourth-order valence-corrected chi connectivity index (χ4v) is 1.90. The van der Waals surface area contributed by atoms with Gasteiger partial charge in [0.2, 0.25) is 0 Å². The smallest absolute Gasteiger partial charge is 0.407 e. The van der Waals surface area contributed by atoms with Gasteiger partial charge in [0.25, 0.3) is 0 Å². The van der Waals surface area contributed by atoms with E-state index in [-0.39, 0.29) is 6.09 Å². The normalized spacial score (nSPS) is 11.2. The third-order valence-corrected chi connectivity index (χ3v) is 2.76. The minimum Gasteiger partial charge on any atom is -0.444 e. The van der Waals surface area contributed by atoms with Crippen molar-refractivity contribution in [1.82, 2.24) is 15.1 Å². The van der Waals surface area contributed by atoms with Gasteiger partial charge in [0.15, 0.2) is 0 Å². The van der Waals surface area contributed by atoms with Gasteiger partial charge in [-0.2, -0.15) is 5.10 Å². The Morgan fingerprint density at radius 3 is 2.81 bits per heavy atom. The van der Waals surface area contributed by atoms with Crippen molar-refractivity contribution >= 4 is 6.09 Å². The fourth-order valence-electron chi connectivity index (χ4n) is 1.90. The molecule has 0 aliphatic carbocycles. The van der Waals surface area contributed by atoms with Crippen LogP contribution in [0.25, 0.3) is 5.69 Å². The number of benzene rings is 1. The van der Waals surface area contributed by atoms with Crippen LogP contribution in [0.5, 0.6) is 0 Å². The quantitative estimate of drug-likeness (QED) is 0.940. The van der Waals surface area contributed by atoms with E-state index in [1.165, 1.54) is 0 Å². The van der Waals surface area contributed by atoms with Crippen LogP contribution in [0.2, 0.25) is 0 Å². The van der Waals surface area contributed by atoms with Crippen molar-refractivity contribution in [3.8, 4) is 5.69 Å². The molecule has 1 heterocycles. The Balaban J connectivity index is 1.87. The van der Waals surface area contributed by atoms with Crippen molar-refractivity contribution < 1.29 is 9.53 Å². The molecule has 1 N–H and O–H groups in total. The summed E-state index contributed by atoms with van der Waals surface area (Å²) >= 11 is 0. The number of carbonyl (C=O) groups is 1. The summed E-state index contributed by atoms with van der Waals surface area (Å²) in [6.07, 6.45) is 4.01. The molecule has 0 unspecified atom stereocenters. The van der Waals surface area contributed by atoms with E-state index in [1.807, 2.05) is 55.9 Å². The van der Waals surface area contributed by atoms with Gasteiger partial charge in [-0.25, -0.2) is 9.48 Å². The summed E-state index contributed by atoms with van der Waals surface area (Å²) in [5.74, 6) is 0. The van der Waals surface area contributed by atoms with Crippen LogP contribution in [0, 0.1) is 0 Å². The molecule has 1 aromatic carbocycles. The van der Waals surface area contributed by atoms with E-state index >= 15 is 0 Å². The maximum atomic E-state index is 11.6. The van der Waals surface area contributed by atoms with Gasteiger partial charge in [0.1, 0.15) is 5.60 Å². The second kappa shape index (κ2) is 6.43. The molecule has 1 aromatic heterocycles. The molecule has 0 radical (unpaired) electrons. The molecule has 2 rings (SSSR count). The van der Waals surface area contributed by atoms with Crippen molar-refractivity contribution in [3.63, 3.8) is 0 Å². The van der Waals surface area contributed by atoms with Crippen LogP contribution in [0.15, 0.2) is 42.7 Å². The molecule has 0 spiro atoms. The lowest BCUT2D eigenvalue weighted by Crippen LogP contribution is -2.33. The zero-order chi connectivity index (χ0) is 15.3. The first kappa shape index (κ1) is 15.1. The molecule has 1 amide bonds. The van der Waals surface area contributed by atoms with Crippen LogP contribution in [0.4, 0.5) is 4.79 Å². The number of carbonyl (C=O) groups excluding carboxylic acids is 1. The monoisotopic (exact) mass is 287 g/mol. The van der Waals surface area contributed by atoms with Crippen molar-refractivity contribution in [3.05, 3.63) is 48.3 Å². The second-order valence-electron chi connectivity index (χ2n) is 5.80. The van der Waals surface area contributed by atoms with Crippen LogP contribution >= 0.6 is 0 Å². The molecular weight excluding hydrogens is 266 g/mol. The number of hydrogen-bond acceptors (Lipinski definition) is 3. The van der Waals surface area contributed by atoms with Crippen molar-refractivity contribution in [1.29, 1.82) is 0 Å². The van der Waals surface area contributed by atoms with E-state index in [0.29, 0.717) is 6.54 Å². The Hall–Kier alpha value is -2.30. The maximum absolute atomic E-state index is 11.6. The first-order valence-electron chi connectivity index (χ1n) is 7.00. The van der Waals surface area contributed by atoms with Gasteiger partial charge < -0.3 is 10.1 Å². The molecule has 21 heavy (non-hydrogen) atoms. The SMILES string of the molecule is CC(C)(C)OC(=O)NCCc1cccc(-n2cccn2)c1. The lowest BCUT2D eigenvalue weighted by Gasteiger charge is -2.19. The largest absolute Gasteiger partial charge is 0.444 e. The lowest BCUT2D eigenvalue weighted by molar-refractivity contribution is 0.0528. The zero-order valence-corrected chi connectivity index (χ0v) is 12.7. The van der Waals surface area contributed by atoms with Crippen LogP contribution in [0.3, 0.4) is 0 Å². The van der Waals surface area contributed by atoms with Gasteiger partial charge in [-0.1, -0.05) is 12.1 Å². The number of rotatable bonds is 4.